The number of aromatic nitrogens is 1. The van der Waals surface area contributed by atoms with Crippen LogP contribution >= 0.6 is 11.3 Å². The minimum atomic E-state index is -0.504. The molecule has 19 heavy (non-hydrogen) atoms. The van der Waals surface area contributed by atoms with Crippen molar-refractivity contribution in [3.05, 3.63) is 11.1 Å². The molecule has 1 fully saturated rings. The Morgan fingerprint density at radius 3 is 3.21 bits per heavy atom. The van der Waals surface area contributed by atoms with Crippen LogP contribution < -0.4 is 11.1 Å². The van der Waals surface area contributed by atoms with Gasteiger partial charge in [0, 0.05) is 18.5 Å². The van der Waals surface area contributed by atoms with Crippen molar-refractivity contribution < 1.29 is 4.79 Å². The molecule has 0 aliphatic carbocycles. The van der Waals surface area contributed by atoms with Crippen molar-refractivity contribution in [2.45, 2.75) is 39.3 Å². The fourth-order valence-corrected chi connectivity index (χ4v) is 3.02. The Morgan fingerprint density at radius 1 is 1.74 bits per heavy atom. The lowest BCUT2D eigenvalue weighted by Gasteiger charge is -2.30. The highest BCUT2D eigenvalue weighted by Crippen LogP contribution is 2.20. The van der Waals surface area contributed by atoms with Gasteiger partial charge < -0.3 is 11.1 Å². The molecule has 1 saturated heterocycles. The molecule has 2 unspecified atom stereocenters. The molecule has 106 valence electrons. The van der Waals surface area contributed by atoms with Crippen LogP contribution in [0.3, 0.4) is 0 Å². The van der Waals surface area contributed by atoms with Crippen LogP contribution in [-0.2, 0) is 11.3 Å². The number of nitrogens with zero attached hydrogens (tertiary/aromatic N) is 2. The summed E-state index contributed by atoms with van der Waals surface area (Å²) in [6, 6.07) is -0.504. The monoisotopic (exact) mass is 282 g/mol. The van der Waals surface area contributed by atoms with E-state index in [4.69, 9.17) is 5.73 Å². The molecule has 1 aliphatic heterocycles. The molecule has 5 nitrogen and oxygen atoms in total. The van der Waals surface area contributed by atoms with Crippen LogP contribution in [0.4, 0.5) is 5.13 Å². The summed E-state index contributed by atoms with van der Waals surface area (Å²) in [4.78, 5) is 18.3. The van der Waals surface area contributed by atoms with Crippen molar-refractivity contribution in [2.24, 2.45) is 11.7 Å². The first-order chi connectivity index (χ1) is 9.04. The van der Waals surface area contributed by atoms with Gasteiger partial charge in [-0.05, 0) is 32.2 Å². The third-order valence-corrected chi connectivity index (χ3v) is 4.13. The first kappa shape index (κ1) is 14.4. The fraction of sp³-hybridized carbons (Fsp3) is 0.692. The number of likely N-dealkylation sites (tertiary alicyclic amines) is 1. The smallest absolute Gasteiger partial charge is 0.242 e. The van der Waals surface area contributed by atoms with Crippen LogP contribution in [0.15, 0.2) is 5.38 Å². The Hall–Kier alpha value is -0.980. The zero-order chi connectivity index (χ0) is 13.8. The van der Waals surface area contributed by atoms with E-state index in [0.29, 0.717) is 5.13 Å². The number of nitrogens with two attached hydrogens (primary N) is 1. The van der Waals surface area contributed by atoms with Crippen molar-refractivity contribution in [3.8, 4) is 0 Å². The number of rotatable bonds is 4. The summed E-state index contributed by atoms with van der Waals surface area (Å²) in [6.45, 7) is 7.11. The molecule has 1 aliphatic rings. The lowest BCUT2D eigenvalue weighted by molar-refractivity contribution is -0.117. The largest absolute Gasteiger partial charge is 0.320 e. The van der Waals surface area contributed by atoms with Crippen LogP contribution in [0.2, 0.25) is 0 Å². The average molecular weight is 282 g/mol. The minimum absolute atomic E-state index is 0.188. The van der Waals surface area contributed by atoms with E-state index in [2.05, 4.69) is 22.1 Å². The maximum Gasteiger partial charge on any atom is 0.242 e. The van der Waals surface area contributed by atoms with Crippen LogP contribution in [0, 0.1) is 5.92 Å². The highest BCUT2D eigenvalue weighted by molar-refractivity contribution is 7.13. The highest BCUT2D eigenvalue weighted by atomic mass is 32.1. The molecule has 6 heteroatoms. The number of hydrogen-bond acceptors (Lipinski definition) is 5. The van der Waals surface area contributed by atoms with E-state index in [1.54, 1.807) is 6.92 Å². The second kappa shape index (κ2) is 6.45. The number of amides is 1. The van der Waals surface area contributed by atoms with Gasteiger partial charge in [-0.25, -0.2) is 4.98 Å². The zero-order valence-electron chi connectivity index (χ0n) is 11.6. The lowest BCUT2D eigenvalue weighted by atomic mass is 10.0. The Morgan fingerprint density at radius 2 is 2.53 bits per heavy atom. The third-order valence-electron chi connectivity index (χ3n) is 3.32. The normalized spacial score (nSPS) is 22.2. The number of anilines is 1. The number of piperidine rings is 1. The minimum Gasteiger partial charge on any atom is -0.320 e. The highest BCUT2D eigenvalue weighted by Gasteiger charge is 2.17. The number of nitrogens with one attached hydrogen (secondary N) is 1. The van der Waals surface area contributed by atoms with Gasteiger partial charge in [-0.1, -0.05) is 6.92 Å². The maximum atomic E-state index is 11.5. The predicted molar refractivity (Wildman–Crippen MR) is 78.1 cm³/mol. The molecule has 0 aromatic carbocycles. The lowest BCUT2D eigenvalue weighted by Crippen LogP contribution is -2.34. The van der Waals surface area contributed by atoms with Crippen molar-refractivity contribution in [2.75, 3.05) is 18.4 Å². The quantitative estimate of drug-likeness (QED) is 0.881. The van der Waals surface area contributed by atoms with Gasteiger partial charge in [0.25, 0.3) is 0 Å². The molecule has 1 amide bonds. The number of hydrogen-bond donors (Lipinski definition) is 2. The summed E-state index contributed by atoms with van der Waals surface area (Å²) in [5.41, 5.74) is 6.54. The zero-order valence-corrected chi connectivity index (χ0v) is 12.4. The Balaban J connectivity index is 1.88. The summed E-state index contributed by atoms with van der Waals surface area (Å²) >= 11 is 1.46. The summed E-state index contributed by atoms with van der Waals surface area (Å²) in [5, 5.41) is 5.38. The summed E-state index contributed by atoms with van der Waals surface area (Å²) in [7, 11) is 0. The van der Waals surface area contributed by atoms with Crippen molar-refractivity contribution in [1.82, 2.24) is 9.88 Å². The molecular formula is C13H22N4OS. The Labute approximate surface area is 118 Å². The first-order valence-electron chi connectivity index (χ1n) is 6.78. The molecule has 1 aromatic heterocycles. The van der Waals surface area contributed by atoms with Crippen LogP contribution in [0.5, 0.6) is 0 Å². The second-order valence-corrected chi connectivity index (χ2v) is 6.26. The third kappa shape index (κ3) is 4.26. The molecule has 1 aromatic rings. The van der Waals surface area contributed by atoms with Gasteiger partial charge >= 0.3 is 0 Å². The Kier molecular flexibility index (Phi) is 4.90. The van der Waals surface area contributed by atoms with Crippen LogP contribution in [0.25, 0.3) is 0 Å². The SMILES string of the molecule is CC1CCCN(Cc2csc(NC(=O)C(C)N)n2)C1. The van der Waals surface area contributed by atoms with Gasteiger partial charge in [0.15, 0.2) is 5.13 Å². The van der Waals surface area contributed by atoms with Gasteiger partial charge in [-0.2, -0.15) is 0 Å². The second-order valence-electron chi connectivity index (χ2n) is 5.40. The number of carbonyl (C=O) groups is 1. The standard InChI is InChI=1S/C13H22N4OS/c1-9-4-3-5-17(6-9)7-11-8-19-13(15-11)16-12(18)10(2)14/h8-10H,3-7,14H2,1-2H3,(H,15,16,18). The fourth-order valence-electron chi connectivity index (χ4n) is 2.32. The molecule has 0 spiro atoms. The van der Waals surface area contributed by atoms with E-state index in [9.17, 15) is 4.79 Å². The molecule has 2 rings (SSSR count). The number of carbonyl (C=O) groups excluding carboxylic acids is 1. The molecule has 0 bridgehead atoms. The molecule has 2 heterocycles. The molecular weight excluding hydrogens is 260 g/mol. The molecule has 3 N–H and O–H groups in total. The van der Waals surface area contributed by atoms with Gasteiger partial charge in [-0.3, -0.25) is 9.69 Å². The Bertz CT molecular complexity index is 432. The van der Waals surface area contributed by atoms with Gasteiger partial charge in [0.1, 0.15) is 0 Å². The van der Waals surface area contributed by atoms with Gasteiger partial charge in [0.2, 0.25) is 5.91 Å². The van der Waals surface area contributed by atoms with Crippen molar-refractivity contribution in [3.63, 3.8) is 0 Å². The van der Waals surface area contributed by atoms with E-state index < -0.39 is 6.04 Å². The first-order valence-corrected chi connectivity index (χ1v) is 7.65. The van der Waals surface area contributed by atoms with Gasteiger partial charge in [-0.15, -0.1) is 11.3 Å². The molecule has 2 atom stereocenters. The average Bonchev–Trinajstić information content (AvgIpc) is 2.76. The maximum absolute atomic E-state index is 11.5. The summed E-state index contributed by atoms with van der Waals surface area (Å²) < 4.78 is 0. The summed E-state index contributed by atoms with van der Waals surface area (Å²) in [5.74, 6) is 0.581. The van der Waals surface area contributed by atoms with E-state index in [-0.39, 0.29) is 5.91 Å². The molecule has 0 saturated carbocycles. The van der Waals surface area contributed by atoms with Crippen LogP contribution in [-0.4, -0.2) is 34.9 Å². The predicted octanol–water partition coefficient (Wildman–Crippen LogP) is 1.66. The molecule has 0 radical (unpaired) electrons. The summed E-state index contributed by atoms with van der Waals surface area (Å²) in [6.07, 6.45) is 2.59. The number of thiazole rings is 1. The van der Waals surface area contributed by atoms with E-state index >= 15 is 0 Å². The van der Waals surface area contributed by atoms with E-state index in [0.717, 1.165) is 31.2 Å². The van der Waals surface area contributed by atoms with E-state index in [1.807, 2.05) is 5.38 Å². The topological polar surface area (TPSA) is 71.2 Å². The van der Waals surface area contributed by atoms with Crippen LogP contribution in [0.1, 0.15) is 32.4 Å². The van der Waals surface area contributed by atoms with E-state index in [1.165, 1.54) is 24.2 Å². The van der Waals surface area contributed by atoms with Crippen molar-refractivity contribution >= 4 is 22.4 Å². The van der Waals surface area contributed by atoms with Gasteiger partial charge in [0.05, 0.1) is 11.7 Å². The van der Waals surface area contributed by atoms with Crippen molar-refractivity contribution in [1.29, 1.82) is 0 Å².